The van der Waals surface area contributed by atoms with Crippen LogP contribution >= 0.6 is 11.8 Å². The molecule has 0 spiro atoms. The SMILES string of the molecule is CN(C(=O)CSc1nc2ccccc2[nH]1)c1ccccc1C(=O)NCc1ccco1. The minimum Gasteiger partial charge on any atom is -0.467 e. The smallest absolute Gasteiger partial charge is 0.253 e. The van der Waals surface area contributed by atoms with Crippen molar-refractivity contribution >= 4 is 40.3 Å². The topological polar surface area (TPSA) is 91.2 Å². The van der Waals surface area contributed by atoms with Crippen molar-refractivity contribution in [3.8, 4) is 0 Å². The van der Waals surface area contributed by atoms with E-state index in [1.165, 1.54) is 16.7 Å². The Labute approximate surface area is 177 Å². The number of furan rings is 1. The minimum atomic E-state index is -0.272. The molecule has 4 aromatic rings. The number of H-pyrrole nitrogens is 1. The van der Waals surface area contributed by atoms with Gasteiger partial charge in [0, 0.05) is 7.05 Å². The van der Waals surface area contributed by atoms with Crippen LogP contribution < -0.4 is 10.2 Å². The second kappa shape index (κ2) is 8.87. The van der Waals surface area contributed by atoms with Crippen LogP contribution in [0.5, 0.6) is 0 Å². The molecule has 2 amide bonds. The summed E-state index contributed by atoms with van der Waals surface area (Å²) in [5.74, 6) is 0.449. The Morgan fingerprint density at radius 3 is 2.70 bits per heavy atom. The summed E-state index contributed by atoms with van der Waals surface area (Å²) in [5, 5.41) is 3.50. The number of carbonyl (C=O) groups is 2. The Morgan fingerprint density at radius 1 is 1.10 bits per heavy atom. The van der Waals surface area contributed by atoms with Crippen LogP contribution in [0.4, 0.5) is 5.69 Å². The van der Waals surface area contributed by atoms with Gasteiger partial charge in [0.15, 0.2) is 5.16 Å². The molecule has 7 nitrogen and oxygen atoms in total. The number of carbonyl (C=O) groups excluding carboxylic acids is 2. The quantitative estimate of drug-likeness (QED) is 0.443. The number of fused-ring (bicyclic) bond motifs is 1. The number of amides is 2. The molecule has 2 N–H and O–H groups in total. The van der Waals surface area contributed by atoms with E-state index in [-0.39, 0.29) is 24.1 Å². The highest BCUT2D eigenvalue weighted by Crippen LogP contribution is 2.23. The van der Waals surface area contributed by atoms with Crippen molar-refractivity contribution < 1.29 is 14.0 Å². The van der Waals surface area contributed by atoms with E-state index in [1.54, 1.807) is 49.7 Å². The number of hydrogen-bond donors (Lipinski definition) is 2. The second-order valence-electron chi connectivity index (χ2n) is 6.58. The van der Waals surface area contributed by atoms with Gasteiger partial charge in [-0.15, -0.1) is 0 Å². The van der Waals surface area contributed by atoms with Crippen LogP contribution in [0.15, 0.2) is 76.5 Å². The van der Waals surface area contributed by atoms with Gasteiger partial charge in [0.05, 0.1) is 40.8 Å². The molecule has 30 heavy (non-hydrogen) atoms. The number of thioether (sulfide) groups is 1. The van der Waals surface area contributed by atoms with Gasteiger partial charge in [-0.2, -0.15) is 0 Å². The van der Waals surface area contributed by atoms with Crippen LogP contribution in [0.2, 0.25) is 0 Å². The zero-order valence-electron chi connectivity index (χ0n) is 16.3. The lowest BCUT2D eigenvalue weighted by molar-refractivity contribution is -0.115. The highest BCUT2D eigenvalue weighted by Gasteiger charge is 2.19. The third-order valence-electron chi connectivity index (χ3n) is 4.59. The lowest BCUT2D eigenvalue weighted by Crippen LogP contribution is -2.31. The fourth-order valence-electron chi connectivity index (χ4n) is 2.99. The van der Waals surface area contributed by atoms with Gasteiger partial charge in [-0.05, 0) is 36.4 Å². The summed E-state index contributed by atoms with van der Waals surface area (Å²) in [6.45, 7) is 0.278. The first-order valence-corrected chi connectivity index (χ1v) is 10.3. The number of benzene rings is 2. The predicted molar refractivity (Wildman–Crippen MR) is 117 cm³/mol. The molecule has 0 fully saturated rings. The molecule has 0 unspecified atom stereocenters. The highest BCUT2D eigenvalue weighted by atomic mass is 32.2. The summed E-state index contributed by atoms with van der Waals surface area (Å²) in [6, 6.07) is 18.3. The van der Waals surface area contributed by atoms with Gasteiger partial charge in [0.1, 0.15) is 5.76 Å². The third-order valence-corrected chi connectivity index (χ3v) is 5.45. The Morgan fingerprint density at radius 2 is 1.90 bits per heavy atom. The van der Waals surface area contributed by atoms with Crippen LogP contribution in [0, 0.1) is 0 Å². The second-order valence-corrected chi connectivity index (χ2v) is 7.54. The zero-order valence-corrected chi connectivity index (χ0v) is 17.1. The first-order valence-electron chi connectivity index (χ1n) is 9.35. The molecule has 8 heteroatoms. The summed E-state index contributed by atoms with van der Waals surface area (Å²) in [6.07, 6.45) is 1.56. The average molecular weight is 420 g/mol. The molecule has 4 rings (SSSR count). The van der Waals surface area contributed by atoms with E-state index in [0.717, 1.165) is 11.0 Å². The molecule has 0 saturated heterocycles. The number of aromatic amines is 1. The van der Waals surface area contributed by atoms with Crippen molar-refractivity contribution in [1.82, 2.24) is 15.3 Å². The van der Waals surface area contributed by atoms with Gasteiger partial charge in [0.2, 0.25) is 5.91 Å². The molecule has 2 aromatic heterocycles. The monoisotopic (exact) mass is 420 g/mol. The molecule has 0 saturated carbocycles. The zero-order chi connectivity index (χ0) is 20.9. The van der Waals surface area contributed by atoms with Crippen LogP contribution in [0.1, 0.15) is 16.1 Å². The molecule has 0 aliphatic heterocycles. The van der Waals surface area contributed by atoms with Gasteiger partial charge in [-0.3, -0.25) is 9.59 Å². The molecule has 0 aliphatic rings. The molecular formula is C22H20N4O3S. The predicted octanol–water partition coefficient (Wildman–Crippen LogP) is 3.84. The molecule has 152 valence electrons. The minimum absolute atomic E-state index is 0.133. The van der Waals surface area contributed by atoms with E-state index in [2.05, 4.69) is 15.3 Å². The Hall–Kier alpha value is -3.52. The number of hydrogen-bond acceptors (Lipinski definition) is 5. The molecule has 0 bridgehead atoms. The van der Waals surface area contributed by atoms with Crippen molar-refractivity contribution in [2.75, 3.05) is 17.7 Å². The van der Waals surface area contributed by atoms with Crippen LogP contribution in [-0.2, 0) is 11.3 Å². The van der Waals surface area contributed by atoms with Crippen molar-refractivity contribution in [3.05, 3.63) is 78.3 Å². The van der Waals surface area contributed by atoms with E-state index >= 15 is 0 Å². The van der Waals surface area contributed by atoms with E-state index in [9.17, 15) is 9.59 Å². The van der Waals surface area contributed by atoms with Gasteiger partial charge in [-0.1, -0.05) is 36.0 Å². The molecular weight excluding hydrogens is 400 g/mol. The Kier molecular flexibility index (Phi) is 5.85. The molecule has 0 aliphatic carbocycles. The average Bonchev–Trinajstić information content (AvgIpc) is 3.44. The van der Waals surface area contributed by atoms with Gasteiger partial charge >= 0.3 is 0 Å². The number of nitrogens with zero attached hydrogens (tertiary/aromatic N) is 2. The maximum Gasteiger partial charge on any atom is 0.253 e. The molecule has 0 radical (unpaired) electrons. The summed E-state index contributed by atoms with van der Waals surface area (Å²) < 4.78 is 5.24. The summed E-state index contributed by atoms with van der Waals surface area (Å²) in [7, 11) is 1.67. The fraction of sp³-hybridized carbons (Fsp3) is 0.136. The largest absolute Gasteiger partial charge is 0.467 e. The summed E-state index contributed by atoms with van der Waals surface area (Å²) in [4.78, 5) is 34.6. The maximum absolute atomic E-state index is 12.8. The first kappa shape index (κ1) is 19.8. The standard InChI is InChI=1S/C22H20N4O3S/c1-26(20(27)14-30-22-24-17-9-3-4-10-18(17)25-22)19-11-5-2-8-16(19)21(28)23-13-15-7-6-12-29-15/h2-12H,13-14H2,1H3,(H,23,28)(H,24,25). The van der Waals surface area contributed by atoms with Crippen LogP contribution in [-0.4, -0.2) is 34.6 Å². The van der Waals surface area contributed by atoms with Crippen molar-refractivity contribution in [1.29, 1.82) is 0 Å². The Balaban J connectivity index is 1.42. The van der Waals surface area contributed by atoms with Gasteiger partial charge in [0.25, 0.3) is 5.91 Å². The van der Waals surface area contributed by atoms with Crippen molar-refractivity contribution in [3.63, 3.8) is 0 Å². The van der Waals surface area contributed by atoms with E-state index < -0.39 is 0 Å². The number of rotatable bonds is 7. The highest BCUT2D eigenvalue weighted by molar-refractivity contribution is 7.99. The van der Waals surface area contributed by atoms with E-state index in [1.807, 2.05) is 24.3 Å². The van der Waals surface area contributed by atoms with Crippen molar-refractivity contribution in [2.24, 2.45) is 0 Å². The fourth-order valence-corrected chi connectivity index (χ4v) is 3.79. The summed E-state index contributed by atoms with van der Waals surface area (Å²) >= 11 is 1.33. The van der Waals surface area contributed by atoms with Crippen LogP contribution in [0.3, 0.4) is 0 Å². The number of anilines is 1. The normalized spacial score (nSPS) is 10.8. The Bertz CT molecular complexity index is 1140. The number of imidazole rings is 1. The molecule has 0 atom stereocenters. The van der Waals surface area contributed by atoms with E-state index in [0.29, 0.717) is 22.2 Å². The molecule has 2 aromatic carbocycles. The van der Waals surface area contributed by atoms with Gasteiger partial charge in [-0.25, -0.2) is 4.98 Å². The van der Waals surface area contributed by atoms with E-state index in [4.69, 9.17) is 4.42 Å². The van der Waals surface area contributed by atoms with Crippen molar-refractivity contribution in [2.45, 2.75) is 11.7 Å². The first-order chi connectivity index (χ1) is 14.6. The number of aromatic nitrogens is 2. The van der Waals surface area contributed by atoms with Crippen LogP contribution in [0.25, 0.3) is 11.0 Å². The number of para-hydroxylation sites is 3. The maximum atomic E-state index is 12.8. The van der Waals surface area contributed by atoms with Gasteiger partial charge < -0.3 is 19.6 Å². The third kappa shape index (κ3) is 4.38. The molecule has 2 heterocycles. The lowest BCUT2D eigenvalue weighted by atomic mass is 10.1. The number of nitrogens with one attached hydrogen (secondary N) is 2. The summed E-state index contributed by atoms with van der Waals surface area (Å²) in [5.41, 5.74) is 2.76. The lowest BCUT2D eigenvalue weighted by Gasteiger charge is -2.20.